The average molecular weight is 308 g/mol. The molecule has 0 N–H and O–H groups in total. The molecule has 0 bridgehead atoms. The highest BCUT2D eigenvalue weighted by Crippen LogP contribution is 2.17. The molecular weight excluding hydrogens is 288 g/mol. The SMILES string of the molecule is O=C(C(=Cc1ccccc1)n1ccccc1=O)N1CCCCC1. The number of aromatic nitrogens is 1. The van der Waals surface area contributed by atoms with E-state index in [9.17, 15) is 9.59 Å². The van der Waals surface area contributed by atoms with E-state index >= 15 is 0 Å². The van der Waals surface area contributed by atoms with Crippen LogP contribution in [0.2, 0.25) is 0 Å². The van der Waals surface area contributed by atoms with E-state index in [-0.39, 0.29) is 11.5 Å². The van der Waals surface area contributed by atoms with Gasteiger partial charge in [-0.05, 0) is 37.0 Å². The van der Waals surface area contributed by atoms with E-state index in [0.29, 0.717) is 5.70 Å². The highest BCUT2D eigenvalue weighted by atomic mass is 16.2. The number of likely N-dealkylation sites (tertiary alicyclic amines) is 1. The van der Waals surface area contributed by atoms with Gasteiger partial charge in [0.15, 0.2) is 0 Å². The second kappa shape index (κ2) is 7.09. The molecule has 0 spiro atoms. The van der Waals surface area contributed by atoms with Crippen LogP contribution in [0.15, 0.2) is 59.5 Å². The van der Waals surface area contributed by atoms with Crippen molar-refractivity contribution in [2.24, 2.45) is 0 Å². The summed E-state index contributed by atoms with van der Waals surface area (Å²) in [4.78, 5) is 27.0. The molecule has 1 aliphatic heterocycles. The van der Waals surface area contributed by atoms with Gasteiger partial charge in [0.05, 0.1) is 0 Å². The molecule has 4 heteroatoms. The third-order valence-electron chi connectivity index (χ3n) is 4.05. The first-order chi connectivity index (χ1) is 11.3. The Labute approximate surface area is 135 Å². The van der Waals surface area contributed by atoms with Gasteiger partial charge in [0.25, 0.3) is 11.5 Å². The summed E-state index contributed by atoms with van der Waals surface area (Å²) in [6, 6.07) is 14.6. The molecule has 0 saturated carbocycles. The van der Waals surface area contributed by atoms with Gasteiger partial charge in [0.2, 0.25) is 0 Å². The van der Waals surface area contributed by atoms with Crippen molar-refractivity contribution in [3.05, 3.63) is 70.6 Å². The lowest BCUT2D eigenvalue weighted by molar-refractivity contribution is -0.126. The average Bonchev–Trinajstić information content (AvgIpc) is 2.61. The van der Waals surface area contributed by atoms with Crippen LogP contribution in [-0.2, 0) is 4.79 Å². The number of hydrogen-bond donors (Lipinski definition) is 0. The minimum absolute atomic E-state index is 0.0816. The maximum Gasteiger partial charge on any atom is 0.270 e. The Hall–Kier alpha value is -2.62. The van der Waals surface area contributed by atoms with Gasteiger partial charge in [-0.2, -0.15) is 0 Å². The molecule has 1 amide bonds. The molecule has 118 valence electrons. The number of pyridine rings is 1. The topological polar surface area (TPSA) is 42.3 Å². The van der Waals surface area contributed by atoms with Crippen molar-refractivity contribution in [3.63, 3.8) is 0 Å². The fourth-order valence-electron chi connectivity index (χ4n) is 2.83. The first-order valence-corrected chi connectivity index (χ1v) is 8.00. The van der Waals surface area contributed by atoms with Crippen LogP contribution in [0, 0.1) is 0 Å². The fourth-order valence-corrected chi connectivity index (χ4v) is 2.83. The van der Waals surface area contributed by atoms with Crippen molar-refractivity contribution in [2.45, 2.75) is 19.3 Å². The van der Waals surface area contributed by atoms with E-state index in [1.165, 1.54) is 10.6 Å². The smallest absolute Gasteiger partial charge is 0.270 e. The number of carbonyl (C=O) groups is 1. The molecule has 1 saturated heterocycles. The summed E-state index contributed by atoms with van der Waals surface area (Å²) in [5, 5.41) is 0. The molecule has 0 radical (unpaired) electrons. The molecule has 4 nitrogen and oxygen atoms in total. The predicted molar refractivity (Wildman–Crippen MR) is 91.7 cm³/mol. The predicted octanol–water partition coefficient (Wildman–Crippen LogP) is 2.86. The molecule has 0 unspecified atom stereocenters. The van der Waals surface area contributed by atoms with E-state index in [1.54, 1.807) is 24.4 Å². The summed E-state index contributed by atoms with van der Waals surface area (Å²) in [5.74, 6) is -0.0816. The molecule has 3 rings (SSSR count). The highest BCUT2D eigenvalue weighted by molar-refractivity contribution is 6.18. The Morgan fingerprint density at radius 3 is 2.30 bits per heavy atom. The number of benzene rings is 1. The zero-order chi connectivity index (χ0) is 16.1. The Kier molecular flexibility index (Phi) is 4.71. The molecule has 0 atom stereocenters. The Bertz CT molecular complexity index is 756. The number of rotatable bonds is 3. The van der Waals surface area contributed by atoms with Crippen LogP contribution < -0.4 is 5.56 Å². The van der Waals surface area contributed by atoms with Crippen LogP contribution in [0.5, 0.6) is 0 Å². The Balaban J connectivity index is 2.03. The second-order valence-electron chi connectivity index (χ2n) is 5.70. The molecule has 2 heterocycles. The largest absolute Gasteiger partial charge is 0.337 e. The summed E-state index contributed by atoms with van der Waals surface area (Å²) < 4.78 is 1.43. The lowest BCUT2D eigenvalue weighted by Gasteiger charge is -2.28. The van der Waals surface area contributed by atoms with Crippen LogP contribution in [0.25, 0.3) is 11.8 Å². The van der Waals surface area contributed by atoms with Crippen molar-refractivity contribution < 1.29 is 4.79 Å². The number of hydrogen-bond acceptors (Lipinski definition) is 2. The summed E-state index contributed by atoms with van der Waals surface area (Å²) >= 11 is 0. The maximum atomic E-state index is 13.0. The van der Waals surface area contributed by atoms with E-state index < -0.39 is 0 Å². The monoisotopic (exact) mass is 308 g/mol. The number of amides is 1. The summed E-state index contributed by atoms with van der Waals surface area (Å²) in [5.41, 5.74) is 1.12. The van der Waals surface area contributed by atoms with Gasteiger partial charge in [-0.1, -0.05) is 36.4 Å². The van der Waals surface area contributed by atoms with E-state index in [1.807, 2.05) is 35.2 Å². The molecule has 1 aromatic heterocycles. The first-order valence-electron chi connectivity index (χ1n) is 8.00. The van der Waals surface area contributed by atoms with E-state index in [0.717, 1.165) is 37.9 Å². The number of piperidine rings is 1. The number of carbonyl (C=O) groups excluding carboxylic acids is 1. The van der Waals surface area contributed by atoms with Crippen LogP contribution in [0.4, 0.5) is 0 Å². The lowest BCUT2D eigenvalue weighted by atomic mass is 10.1. The van der Waals surface area contributed by atoms with Gasteiger partial charge in [-0.15, -0.1) is 0 Å². The standard InChI is InChI=1S/C19H20N2O2/c22-18-11-5-8-14-21(18)17(15-16-9-3-1-4-10-16)19(23)20-12-6-2-7-13-20/h1,3-5,8-11,14-15H,2,6-7,12-13H2. The Morgan fingerprint density at radius 1 is 0.913 bits per heavy atom. The van der Waals surface area contributed by atoms with Gasteiger partial charge in [0.1, 0.15) is 5.70 Å². The van der Waals surface area contributed by atoms with Gasteiger partial charge in [0, 0.05) is 25.4 Å². The highest BCUT2D eigenvalue weighted by Gasteiger charge is 2.22. The van der Waals surface area contributed by atoms with Crippen molar-refractivity contribution in [1.29, 1.82) is 0 Å². The fraction of sp³-hybridized carbons (Fsp3) is 0.263. The number of nitrogens with zero attached hydrogens (tertiary/aromatic N) is 2. The second-order valence-corrected chi connectivity index (χ2v) is 5.70. The van der Waals surface area contributed by atoms with Crippen LogP contribution in [-0.4, -0.2) is 28.5 Å². The van der Waals surface area contributed by atoms with Crippen molar-refractivity contribution in [3.8, 4) is 0 Å². The Morgan fingerprint density at radius 2 is 1.61 bits per heavy atom. The normalized spacial score (nSPS) is 15.5. The maximum absolute atomic E-state index is 13.0. The van der Waals surface area contributed by atoms with Gasteiger partial charge in [-0.3, -0.25) is 14.2 Å². The third kappa shape index (κ3) is 3.59. The van der Waals surface area contributed by atoms with Crippen molar-refractivity contribution >= 4 is 17.7 Å². The summed E-state index contributed by atoms with van der Waals surface area (Å²) in [6.07, 6.45) is 6.65. The molecule has 2 aromatic rings. The molecule has 23 heavy (non-hydrogen) atoms. The molecule has 1 aliphatic rings. The van der Waals surface area contributed by atoms with Crippen molar-refractivity contribution in [1.82, 2.24) is 9.47 Å². The lowest BCUT2D eigenvalue weighted by Crippen LogP contribution is -2.38. The van der Waals surface area contributed by atoms with Crippen molar-refractivity contribution in [2.75, 3.05) is 13.1 Å². The third-order valence-corrected chi connectivity index (χ3v) is 4.05. The quantitative estimate of drug-likeness (QED) is 0.818. The van der Waals surface area contributed by atoms with Gasteiger partial charge in [-0.25, -0.2) is 0 Å². The van der Waals surface area contributed by atoms with E-state index in [4.69, 9.17) is 0 Å². The van der Waals surface area contributed by atoms with Crippen LogP contribution >= 0.6 is 0 Å². The van der Waals surface area contributed by atoms with Gasteiger partial charge < -0.3 is 4.90 Å². The molecule has 0 aliphatic carbocycles. The minimum atomic E-state index is -0.194. The molecule has 1 fully saturated rings. The van der Waals surface area contributed by atoms with Crippen LogP contribution in [0.3, 0.4) is 0 Å². The van der Waals surface area contributed by atoms with E-state index in [2.05, 4.69) is 0 Å². The molecular formula is C19H20N2O2. The summed E-state index contributed by atoms with van der Waals surface area (Å²) in [7, 11) is 0. The zero-order valence-electron chi connectivity index (χ0n) is 13.0. The zero-order valence-corrected chi connectivity index (χ0v) is 13.0. The van der Waals surface area contributed by atoms with Crippen LogP contribution in [0.1, 0.15) is 24.8 Å². The minimum Gasteiger partial charge on any atom is -0.337 e. The first kappa shape index (κ1) is 15.3. The summed E-state index contributed by atoms with van der Waals surface area (Å²) in [6.45, 7) is 1.51. The van der Waals surface area contributed by atoms with Gasteiger partial charge >= 0.3 is 0 Å². The molecule has 1 aromatic carbocycles.